The van der Waals surface area contributed by atoms with E-state index in [1.165, 1.54) is 30.1 Å². The Balaban J connectivity index is 0.00000181. The second kappa shape index (κ2) is 10.5. The Morgan fingerprint density at radius 2 is 1.56 bits per heavy atom. The maximum absolute atomic E-state index is 13.3. The molecule has 6 nitrogen and oxygen atoms in total. The van der Waals surface area contributed by atoms with Crippen molar-refractivity contribution in [2.75, 3.05) is 31.1 Å². The van der Waals surface area contributed by atoms with Gasteiger partial charge in [-0.25, -0.2) is 9.37 Å². The van der Waals surface area contributed by atoms with Crippen LogP contribution in [0.5, 0.6) is 0 Å². The van der Waals surface area contributed by atoms with E-state index < -0.39 is 11.9 Å². The number of aryl methyl sites for hydroxylation is 1. The lowest BCUT2D eigenvalue weighted by Gasteiger charge is -2.35. The van der Waals surface area contributed by atoms with Crippen molar-refractivity contribution in [3.8, 4) is 11.3 Å². The summed E-state index contributed by atoms with van der Waals surface area (Å²) in [5.74, 6) is 0.354. The van der Waals surface area contributed by atoms with Crippen LogP contribution < -0.4 is 4.90 Å². The Morgan fingerprint density at radius 1 is 0.938 bits per heavy atom. The first-order valence-electron chi connectivity index (χ1n) is 9.45. The van der Waals surface area contributed by atoms with E-state index in [0.717, 1.165) is 5.56 Å². The molecule has 0 saturated carbocycles. The van der Waals surface area contributed by atoms with E-state index in [1.807, 2.05) is 4.90 Å². The van der Waals surface area contributed by atoms with Crippen molar-refractivity contribution in [1.29, 1.82) is 0 Å². The molecule has 32 heavy (non-hydrogen) atoms. The summed E-state index contributed by atoms with van der Waals surface area (Å²) in [6, 6.07) is 6.05. The zero-order valence-corrected chi connectivity index (χ0v) is 18.7. The largest absolute Gasteiger partial charge is 0.435 e. The van der Waals surface area contributed by atoms with Gasteiger partial charge >= 0.3 is 6.18 Å². The fourth-order valence-electron chi connectivity index (χ4n) is 3.62. The summed E-state index contributed by atoms with van der Waals surface area (Å²) < 4.78 is 54.0. The van der Waals surface area contributed by atoms with Gasteiger partial charge in [0, 0.05) is 69.5 Å². The lowest BCUT2D eigenvalue weighted by atomic mass is 10.1. The molecule has 2 aromatic heterocycles. The van der Waals surface area contributed by atoms with Gasteiger partial charge in [-0.2, -0.15) is 18.3 Å². The summed E-state index contributed by atoms with van der Waals surface area (Å²) >= 11 is 0. The zero-order chi connectivity index (χ0) is 21.3. The van der Waals surface area contributed by atoms with Crippen molar-refractivity contribution in [3.05, 3.63) is 59.9 Å². The summed E-state index contributed by atoms with van der Waals surface area (Å²) in [6.45, 7) is 2.52. The molecule has 1 fully saturated rings. The van der Waals surface area contributed by atoms with Gasteiger partial charge in [-0.15, -0.1) is 24.8 Å². The molecule has 1 aliphatic heterocycles. The van der Waals surface area contributed by atoms with E-state index in [1.54, 1.807) is 24.5 Å². The predicted molar refractivity (Wildman–Crippen MR) is 118 cm³/mol. The van der Waals surface area contributed by atoms with Gasteiger partial charge in [0.05, 0.1) is 0 Å². The number of nitrogens with zero attached hydrogens (tertiary/aromatic N) is 6. The molecular formula is C20H22Cl2F4N6. The van der Waals surface area contributed by atoms with Crippen molar-refractivity contribution in [3.63, 3.8) is 0 Å². The zero-order valence-electron chi connectivity index (χ0n) is 17.1. The first-order valence-corrected chi connectivity index (χ1v) is 9.45. The fraction of sp³-hybridized carbons (Fsp3) is 0.350. The summed E-state index contributed by atoms with van der Waals surface area (Å²) in [6.07, 6.45) is 0.131. The summed E-state index contributed by atoms with van der Waals surface area (Å²) in [4.78, 5) is 12.9. The van der Waals surface area contributed by atoms with Crippen LogP contribution in [0.3, 0.4) is 0 Å². The quantitative estimate of drug-likeness (QED) is 0.510. The van der Waals surface area contributed by atoms with Crippen molar-refractivity contribution in [2.24, 2.45) is 7.05 Å². The van der Waals surface area contributed by atoms with Gasteiger partial charge in [-0.3, -0.25) is 14.6 Å². The second-order valence-electron chi connectivity index (χ2n) is 7.17. The van der Waals surface area contributed by atoms with Gasteiger partial charge < -0.3 is 4.90 Å². The molecule has 0 unspecified atom stereocenters. The van der Waals surface area contributed by atoms with Crippen molar-refractivity contribution < 1.29 is 17.6 Å². The van der Waals surface area contributed by atoms with E-state index in [0.29, 0.717) is 37.7 Å². The van der Waals surface area contributed by atoms with Crippen LogP contribution in [0.2, 0.25) is 0 Å². The Labute approximate surface area is 195 Å². The number of benzene rings is 1. The van der Waals surface area contributed by atoms with Gasteiger partial charge in [0.1, 0.15) is 11.5 Å². The molecule has 0 amide bonds. The van der Waals surface area contributed by atoms with Crippen LogP contribution in [-0.2, 0) is 19.8 Å². The lowest BCUT2D eigenvalue weighted by Crippen LogP contribution is -2.46. The molecule has 1 saturated heterocycles. The Kier molecular flexibility index (Phi) is 8.44. The number of hydrogen-bond acceptors (Lipinski definition) is 5. The molecule has 3 heterocycles. The van der Waals surface area contributed by atoms with E-state index in [4.69, 9.17) is 0 Å². The normalized spacial score (nSPS) is 14.6. The van der Waals surface area contributed by atoms with Gasteiger partial charge in [0.2, 0.25) is 0 Å². The molecule has 1 aliphatic rings. The second-order valence-corrected chi connectivity index (χ2v) is 7.17. The molecule has 0 radical (unpaired) electrons. The SMILES string of the molecule is Cl.Cl.Cn1cc(CN2CCN(c3nccnc3-c3ccc(F)cc3)CC2)c(C(F)(F)F)n1. The van der Waals surface area contributed by atoms with E-state index in [-0.39, 0.29) is 42.7 Å². The molecule has 12 heteroatoms. The lowest BCUT2D eigenvalue weighted by molar-refractivity contribution is -0.142. The van der Waals surface area contributed by atoms with Crippen molar-refractivity contribution >= 4 is 30.6 Å². The number of rotatable bonds is 4. The average molecular weight is 493 g/mol. The van der Waals surface area contributed by atoms with Crippen LogP contribution in [0.4, 0.5) is 23.4 Å². The maximum atomic E-state index is 13.3. The highest BCUT2D eigenvalue weighted by atomic mass is 35.5. The van der Waals surface area contributed by atoms with Crippen LogP contribution in [0.15, 0.2) is 42.9 Å². The highest BCUT2D eigenvalue weighted by Crippen LogP contribution is 2.32. The molecule has 0 spiro atoms. The minimum atomic E-state index is -4.47. The van der Waals surface area contributed by atoms with E-state index in [9.17, 15) is 17.6 Å². The van der Waals surface area contributed by atoms with Crippen LogP contribution >= 0.6 is 24.8 Å². The molecule has 174 valence electrons. The van der Waals surface area contributed by atoms with Gasteiger partial charge in [-0.05, 0) is 24.3 Å². The van der Waals surface area contributed by atoms with Gasteiger partial charge in [-0.1, -0.05) is 0 Å². The Bertz CT molecular complexity index is 1020. The molecule has 3 aromatic rings. The monoisotopic (exact) mass is 492 g/mol. The highest BCUT2D eigenvalue weighted by Gasteiger charge is 2.37. The molecule has 1 aromatic carbocycles. The van der Waals surface area contributed by atoms with Crippen LogP contribution in [0.1, 0.15) is 11.3 Å². The summed E-state index contributed by atoms with van der Waals surface area (Å²) in [5.41, 5.74) is 0.745. The highest BCUT2D eigenvalue weighted by molar-refractivity contribution is 5.85. The number of halogens is 6. The molecular weight excluding hydrogens is 471 g/mol. The number of piperazine rings is 1. The van der Waals surface area contributed by atoms with Crippen LogP contribution in [0.25, 0.3) is 11.3 Å². The van der Waals surface area contributed by atoms with Crippen LogP contribution in [-0.4, -0.2) is 50.8 Å². The first kappa shape index (κ1) is 25.8. The first-order chi connectivity index (χ1) is 14.3. The minimum Gasteiger partial charge on any atom is -0.352 e. The number of hydrogen-bond donors (Lipinski definition) is 0. The topological polar surface area (TPSA) is 50.1 Å². The fourth-order valence-corrected chi connectivity index (χ4v) is 3.62. The molecule has 0 bridgehead atoms. The van der Waals surface area contributed by atoms with E-state index >= 15 is 0 Å². The number of anilines is 1. The van der Waals surface area contributed by atoms with E-state index in [2.05, 4.69) is 20.0 Å². The average Bonchev–Trinajstić information content (AvgIpc) is 3.10. The standard InChI is InChI=1S/C20H20F4N6.2ClH/c1-28-12-15(18(27-28)20(22,23)24)13-29-8-10-30(11-9-29)19-17(25-6-7-26-19)14-2-4-16(21)5-3-14;;/h2-7,12H,8-11,13H2,1H3;2*1H. The third-order valence-electron chi connectivity index (χ3n) is 5.04. The van der Waals surface area contributed by atoms with Gasteiger partial charge in [0.15, 0.2) is 11.5 Å². The Morgan fingerprint density at radius 3 is 2.19 bits per heavy atom. The third-order valence-corrected chi connectivity index (χ3v) is 5.04. The van der Waals surface area contributed by atoms with Gasteiger partial charge in [0.25, 0.3) is 0 Å². The molecule has 4 rings (SSSR count). The van der Waals surface area contributed by atoms with Crippen LogP contribution in [0, 0.1) is 5.82 Å². The maximum Gasteiger partial charge on any atom is 0.435 e. The molecule has 0 N–H and O–H groups in total. The molecule has 0 atom stereocenters. The summed E-state index contributed by atoms with van der Waals surface area (Å²) in [5, 5.41) is 3.57. The molecule has 0 aliphatic carbocycles. The minimum absolute atomic E-state index is 0. The van der Waals surface area contributed by atoms with Crippen molar-refractivity contribution in [1.82, 2.24) is 24.6 Å². The summed E-state index contributed by atoms with van der Waals surface area (Å²) in [7, 11) is 1.49. The Hall–Kier alpha value is -2.43. The predicted octanol–water partition coefficient (Wildman–Crippen LogP) is 4.20. The number of alkyl halides is 3. The van der Waals surface area contributed by atoms with Crippen molar-refractivity contribution in [2.45, 2.75) is 12.7 Å². The number of aromatic nitrogens is 4. The smallest absolute Gasteiger partial charge is 0.352 e. The third kappa shape index (κ3) is 5.67.